The minimum atomic E-state index is -0.769. The minimum Gasteiger partial charge on any atom is -0.481 e. The maximum Gasteiger partial charge on any atom is 0.303 e. The van der Waals surface area contributed by atoms with Crippen molar-refractivity contribution in [1.29, 1.82) is 0 Å². The number of carbonyl (C=O) groups is 2. The number of carboxylic acid groups (broad SMARTS) is 1. The number of ketones is 1. The first-order chi connectivity index (χ1) is 11.1. The molecule has 0 fully saturated rings. The lowest BCUT2D eigenvalue weighted by Crippen LogP contribution is -2.10. The Hall–Kier alpha value is -2.68. The van der Waals surface area contributed by atoms with Crippen LogP contribution >= 0.6 is 0 Å². The molecule has 3 nitrogen and oxygen atoms in total. The van der Waals surface area contributed by atoms with Crippen LogP contribution in [-0.2, 0) is 17.6 Å². The van der Waals surface area contributed by atoms with Crippen molar-refractivity contribution in [2.24, 2.45) is 0 Å². The minimum absolute atomic E-state index is 0.165. The molecule has 3 aromatic carbocycles. The van der Waals surface area contributed by atoms with Crippen molar-refractivity contribution >= 4 is 33.3 Å². The zero-order valence-electron chi connectivity index (χ0n) is 12.6. The molecule has 1 aliphatic carbocycles. The second-order valence-corrected chi connectivity index (χ2v) is 6.12. The first-order valence-corrected chi connectivity index (χ1v) is 7.86. The molecule has 23 heavy (non-hydrogen) atoms. The molecular formula is C20H16O3. The highest BCUT2D eigenvalue weighted by Crippen LogP contribution is 2.37. The lowest BCUT2D eigenvalue weighted by Gasteiger charge is -2.19. The van der Waals surface area contributed by atoms with E-state index in [1.807, 2.05) is 24.3 Å². The molecule has 0 saturated heterocycles. The average Bonchev–Trinajstić information content (AvgIpc) is 2.53. The van der Waals surface area contributed by atoms with Gasteiger partial charge in [-0.05, 0) is 40.1 Å². The number of aliphatic carboxylic acids is 1. The molecule has 3 heteroatoms. The maximum atomic E-state index is 12.4. The first kappa shape index (κ1) is 13.9. The van der Waals surface area contributed by atoms with Gasteiger partial charge in [0.1, 0.15) is 0 Å². The number of rotatable bonds is 4. The molecule has 1 N–H and O–H groups in total. The van der Waals surface area contributed by atoms with Gasteiger partial charge in [-0.1, -0.05) is 42.5 Å². The van der Waals surface area contributed by atoms with Crippen molar-refractivity contribution in [2.45, 2.75) is 25.7 Å². The molecule has 0 spiro atoms. The monoisotopic (exact) mass is 304 g/mol. The number of benzene rings is 3. The summed E-state index contributed by atoms with van der Waals surface area (Å²) in [5.74, 6) is -0.603. The van der Waals surface area contributed by atoms with E-state index < -0.39 is 5.97 Å². The summed E-state index contributed by atoms with van der Waals surface area (Å²) in [6, 6.07) is 14.2. The van der Waals surface area contributed by atoms with Crippen molar-refractivity contribution in [3.63, 3.8) is 0 Å². The molecule has 0 heterocycles. The fraction of sp³-hybridized carbons (Fsp3) is 0.200. The second-order valence-electron chi connectivity index (χ2n) is 6.12. The predicted molar refractivity (Wildman–Crippen MR) is 90.1 cm³/mol. The number of hydrogen-bond donors (Lipinski definition) is 1. The quantitative estimate of drug-likeness (QED) is 0.737. The Bertz CT molecular complexity index is 969. The van der Waals surface area contributed by atoms with Crippen molar-refractivity contribution in [3.8, 4) is 0 Å². The largest absolute Gasteiger partial charge is 0.481 e. The van der Waals surface area contributed by atoms with E-state index in [1.54, 1.807) is 0 Å². The first-order valence-electron chi connectivity index (χ1n) is 7.86. The summed E-state index contributed by atoms with van der Waals surface area (Å²) in [6.07, 6.45) is 1.95. The number of Topliss-reactive ketones (excluding diaryl/α,β-unsaturated/α-hetero) is 1. The van der Waals surface area contributed by atoms with E-state index in [0.29, 0.717) is 19.3 Å². The molecule has 0 aliphatic heterocycles. The maximum absolute atomic E-state index is 12.4. The molecule has 0 atom stereocenters. The van der Waals surface area contributed by atoms with Gasteiger partial charge in [0.15, 0.2) is 5.78 Å². The molecular weight excluding hydrogens is 288 g/mol. The van der Waals surface area contributed by atoms with Crippen LogP contribution in [0.25, 0.3) is 21.5 Å². The van der Waals surface area contributed by atoms with E-state index in [4.69, 9.17) is 5.11 Å². The van der Waals surface area contributed by atoms with E-state index in [-0.39, 0.29) is 12.2 Å². The van der Waals surface area contributed by atoms with Gasteiger partial charge in [-0.15, -0.1) is 0 Å². The normalized spacial score (nSPS) is 13.1. The Morgan fingerprint density at radius 2 is 1.91 bits per heavy atom. The van der Waals surface area contributed by atoms with Crippen LogP contribution in [0, 0.1) is 0 Å². The predicted octanol–water partition coefficient (Wildman–Crippen LogP) is 4.14. The highest BCUT2D eigenvalue weighted by atomic mass is 16.4. The van der Waals surface area contributed by atoms with Gasteiger partial charge < -0.3 is 5.11 Å². The van der Waals surface area contributed by atoms with E-state index in [2.05, 4.69) is 18.2 Å². The molecule has 0 unspecified atom stereocenters. The van der Waals surface area contributed by atoms with Crippen LogP contribution in [0.4, 0.5) is 0 Å². The number of carboxylic acids is 1. The van der Waals surface area contributed by atoms with Gasteiger partial charge in [-0.25, -0.2) is 0 Å². The SMILES string of the molecule is O=C(O)CCCc1ccc2c3c1ccc1cccc(c13)CC2=O. The van der Waals surface area contributed by atoms with Crippen molar-refractivity contribution < 1.29 is 14.7 Å². The zero-order chi connectivity index (χ0) is 16.0. The van der Waals surface area contributed by atoms with Gasteiger partial charge in [0.05, 0.1) is 0 Å². The summed E-state index contributed by atoms with van der Waals surface area (Å²) in [5, 5.41) is 13.3. The zero-order valence-corrected chi connectivity index (χ0v) is 12.6. The molecule has 0 radical (unpaired) electrons. The van der Waals surface area contributed by atoms with Crippen LogP contribution < -0.4 is 0 Å². The Morgan fingerprint density at radius 1 is 1.04 bits per heavy atom. The van der Waals surface area contributed by atoms with E-state index in [9.17, 15) is 9.59 Å². The van der Waals surface area contributed by atoms with Gasteiger partial charge in [-0.3, -0.25) is 9.59 Å². The van der Waals surface area contributed by atoms with E-state index >= 15 is 0 Å². The topological polar surface area (TPSA) is 54.4 Å². The summed E-state index contributed by atoms with van der Waals surface area (Å²) in [5.41, 5.74) is 3.01. The summed E-state index contributed by atoms with van der Waals surface area (Å²) in [4.78, 5) is 23.2. The average molecular weight is 304 g/mol. The molecule has 1 aliphatic rings. The molecule has 4 rings (SSSR count). The lowest BCUT2D eigenvalue weighted by atomic mass is 9.83. The number of aryl methyl sites for hydroxylation is 1. The van der Waals surface area contributed by atoms with Crippen LogP contribution in [-0.4, -0.2) is 16.9 Å². The Labute approximate surface area is 133 Å². The third-order valence-electron chi connectivity index (χ3n) is 4.69. The van der Waals surface area contributed by atoms with Gasteiger partial charge in [0, 0.05) is 23.8 Å². The molecule has 0 amide bonds. The Kier molecular flexibility index (Phi) is 3.15. The fourth-order valence-corrected chi connectivity index (χ4v) is 3.66. The van der Waals surface area contributed by atoms with Gasteiger partial charge in [-0.2, -0.15) is 0 Å². The molecule has 0 saturated carbocycles. The standard InChI is InChI=1S/C20H16O3/c21-17-11-14-5-1-4-13-8-9-15-12(3-2-6-18(22)23)7-10-16(17)20(15)19(13)14/h1,4-5,7-10H,2-3,6,11H2,(H,22,23). The molecule has 0 aromatic heterocycles. The third-order valence-corrected chi connectivity index (χ3v) is 4.69. The van der Waals surface area contributed by atoms with Crippen LogP contribution in [0.1, 0.15) is 34.3 Å². The summed E-state index contributed by atoms with van der Waals surface area (Å²) in [7, 11) is 0. The second kappa shape index (κ2) is 5.20. The number of hydrogen-bond acceptors (Lipinski definition) is 2. The highest BCUT2D eigenvalue weighted by molar-refractivity contribution is 6.23. The van der Waals surface area contributed by atoms with Crippen LogP contribution in [0.3, 0.4) is 0 Å². The summed E-state index contributed by atoms with van der Waals surface area (Å²) < 4.78 is 0. The van der Waals surface area contributed by atoms with E-state index in [0.717, 1.165) is 32.8 Å². The molecule has 114 valence electrons. The smallest absolute Gasteiger partial charge is 0.303 e. The fourth-order valence-electron chi connectivity index (χ4n) is 3.66. The van der Waals surface area contributed by atoms with E-state index in [1.165, 1.54) is 5.39 Å². The third kappa shape index (κ3) is 2.20. The van der Waals surface area contributed by atoms with Crippen molar-refractivity contribution in [2.75, 3.05) is 0 Å². The summed E-state index contributed by atoms with van der Waals surface area (Å²) >= 11 is 0. The highest BCUT2D eigenvalue weighted by Gasteiger charge is 2.22. The van der Waals surface area contributed by atoms with Crippen molar-refractivity contribution in [3.05, 3.63) is 59.2 Å². The van der Waals surface area contributed by atoms with Gasteiger partial charge in [0.25, 0.3) is 0 Å². The molecule has 3 aromatic rings. The summed E-state index contributed by atoms with van der Waals surface area (Å²) in [6.45, 7) is 0. The molecule has 0 bridgehead atoms. The Balaban J connectivity index is 1.95. The van der Waals surface area contributed by atoms with Gasteiger partial charge in [0.2, 0.25) is 0 Å². The lowest BCUT2D eigenvalue weighted by molar-refractivity contribution is -0.137. The van der Waals surface area contributed by atoms with Gasteiger partial charge >= 0.3 is 5.97 Å². The van der Waals surface area contributed by atoms with Crippen LogP contribution in [0.15, 0.2) is 42.5 Å². The van der Waals surface area contributed by atoms with Crippen LogP contribution in [0.5, 0.6) is 0 Å². The van der Waals surface area contributed by atoms with Crippen molar-refractivity contribution in [1.82, 2.24) is 0 Å². The number of carbonyl (C=O) groups excluding carboxylic acids is 1. The Morgan fingerprint density at radius 3 is 2.74 bits per heavy atom. The van der Waals surface area contributed by atoms with Crippen LogP contribution in [0.2, 0.25) is 0 Å².